The summed E-state index contributed by atoms with van der Waals surface area (Å²) in [5.74, 6) is 1.14. The largest absolute Gasteiger partial charge is 0.496 e. The minimum absolute atomic E-state index is 0. The molecule has 1 aliphatic rings. The van der Waals surface area contributed by atoms with Crippen molar-refractivity contribution in [3.63, 3.8) is 0 Å². The van der Waals surface area contributed by atoms with E-state index < -0.39 is 6.10 Å². The molecule has 5 nitrogen and oxygen atoms in total. The Morgan fingerprint density at radius 3 is 2.78 bits per heavy atom. The summed E-state index contributed by atoms with van der Waals surface area (Å²) in [4.78, 5) is 12.4. The van der Waals surface area contributed by atoms with Gasteiger partial charge in [-0.15, -0.1) is 12.4 Å². The Bertz CT molecular complexity index is 490. The summed E-state index contributed by atoms with van der Waals surface area (Å²) in [6, 6.07) is 7.98. The molecule has 1 heterocycles. The number of amides is 1. The molecule has 2 rings (SSSR count). The molecule has 2 unspecified atom stereocenters. The van der Waals surface area contributed by atoms with Crippen LogP contribution >= 0.6 is 12.4 Å². The molecule has 0 radical (unpaired) electrons. The highest BCUT2D eigenvalue weighted by Gasteiger charge is 2.25. The van der Waals surface area contributed by atoms with Gasteiger partial charge in [0.15, 0.2) is 0 Å². The second kappa shape index (κ2) is 9.75. The first-order chi connectivity index (χ1) is 10.6. The van der Waals surface area contributed by atoms with Crippen molar-refractivity contribution in [2.24, 2.45) is 5.92 Å². The number of methoxy groups -OCH3 is 1. The average Bonchev–Trinajstić information content (AvgIpc) is 2.55. The molecule has 0 aromatic heterocycles. The Morgan fingerprint density at radius 2 is 2.17 bits per heavy atom. The predicted molar refractivity (Wildman–Crippen MR) is 93.3 cm³/mol. The van der Waals surface area contributed by atoms with Crippen molar-refractivity contribution < 1.29 is 14.3 Å². The molecule has 1 aliphatic heterocycles. The van der Waals surface area contributed by atoms with Crippen molar-refractivity contribution in [2.75, 3.05) is 26.8 Å². The third kappa shape index (κ3) is 5.68. The van der Waals surface area contributed by atoms with Crippen molar-refractivity contribution in [3.05, 3.63) is 29.8 Å². The number of carbonyl (C=O) groups is 1. The average molecular weight is 343 g/mol. The molecular formula is C17H27ClN2O3. The maximum Gasteiger partial charge on any atom is 0.250 e. The first kappa shape index (κ1) is 19.7. The van der Waals surface area contributed by atoms with E-state index in [2.05, 4.69) is 24.5 Å². The van der Waals surface area contributed by atoms with Gasteiger partial charge >= 0.3 is 0 Å². The van der Waals surface area contributed by atoms with E-state index in [0.29, 0.717) is 19.1 Å². The molecule has 1 fully saturated rings. The van der Waals surface area contributed by atoms with E-state index in [1.807, 2.05) is 24.3 Å². The smallest absolute Gasteiger partial charge is 0.250 e. The van der Waals surface area contributed by atoms with Crippen molar-refractivity contribution in [3.8, 4) is 5.75 Å². The quantitative estimate of drug-likeness (QED) is 0.827. The monoisotopic (exact) mass is 342 g/mol. The molecule has 130 valence electrons. The zero-order chi connectivity index (χ0) is 15.9. The van der Waals surface area contributed by atoms with Crippen LogP contribution in [0.15, 0.2) is 24.3 Å². The summed E-state index contributed by atoms with van der Waals surface area (Å²) in [5.41, 5.74) is 1.10. The van der Waals surface area contributed by atoms with Gasteiger partial charge in [-0.1, -0.05) is 32.0 Å². The molecule has 1 aromatic carbocycles. The Morgan fingerprint density at radius 1 is 1.43 bits per heavy atom. The van der Waals surface area contributed by atoms with Crippen molar-refractivity contribution in [1.29, 1.82) is 0 Å². The molecule has 2 atom stereocenters. The minimum atomic E-state index is -0.396. The molecule has 0 saturated carbocycles. The highest BCUT2D eigenvalue weighted by Crippen LogP contribution is 2.21. The molecule has 0 bridgehead atoms. The minimum Gasteiger partial charge on any atom is -0.496 e. The zero-order valence-corrected chi connectivity index (χ0v) is 14.8. The number of ether oxygens (including phenoxy) is 2. The van der Waals surface area contributed by atoms with Gasteiger partial charge in [0, 0.05) is 19.1 Å². The Kier molecular flexibility index (Phi) is 8.37. The van der Waals surface area contributed by atoms with Gasteiger partial charge in [0.1, 0.15) is 11.9 Å². The second-order valence-electron chi connectivity index (χ2n) is 5.94. The molecule has 0 spiro atoms. The Balaban J connectivity index is 0.00000264. The van der Waals surface area contributed by atoms with E-state index in [-0.39, 0.29) is 24.4 Å². The van der Waals surface area contributed by atoms with Crippen LogP contribution in [0.3, 0.4) is 0 Å². The van der Waals surface area contributed by atoms with E-state index in [0.717, 1.165) is 24.3 Å². The van der Waals surface area contributed by atoms with Crippen LogP contribution in [0.2, 0.25) is 0 Å². The molecule has 6 heteroatoms. The van der Waals surface area contributed by atoms with Gasteiger partial charge < -0.3 is 20.1 Å². The van der Waals surface area contributed by atoms with Gasteiger partial charge in [-0.25, -0.2) is 0 Å². The van der Waals surface area contributed by atoms with Crippen molar-refractivity contribution >= 4 is 18.3 Å². The SMILES string of the molecule is COc1ccccc1CC(NC(=O)C1CNCCO1)C(C)C.Cl. The summed E-state index contributed by atoms with van der Waals surface area (Å²) in [7, 11) is 1.67. The molecule has 1 saturated heterocycles. The first-order valence-corrected chi connectivity index (χ1v) is 7.86. The molecule has 23 heavy (non-hydrogen) atoms. The van der Waals surface area contributed by atoms with Crippen LogP contribution in [0.1, 0.15) is 19.4 Å². The molecule has 1 amide bonds. The lowest BCUT2D eigenvalue weighted by atomic mass is 9.95. The van der Waals surface area contributed by atoms with Crippen molar-refractivity contribution in [1.82, 2.24) is 10.6 Å². The first-order valence-electron chi connectivity index (χ1n) is 7.86. The lowest BCUT2D eigenvalue weighted by Crippen LogP contribution is -2.51. The number of benzene rings is 1. The number of morpholine rings is 1. The fraction of sp³-hybridized carbons (Fsp3) is 0.588. The van der Waals surface area contributed by atoms with E-state index in [4.69, 9.17) is 9.47 Å². The number of nitrogens with one attached hydrogen (secondary N) is 2. The van der Waals surface area contributed by atoms with E-state index in [9.17, 15) is 4.79 Å². The number of para-hydroxylation sites is 1. The van der Waals surface area contributed by atoms with Crippen LogP contribution in [0.25, 0.3) is 0 Å². The number of carbonyl (C=O) groups excluding carboxylic acids is 1. The van der Waals surface area contributed by atoms with Gasteiger partial charge in [-0.05, 0) is 24.0 Å². The number of halogens is 1. The molecule has 2 N–H and O–H groups in total. The Labute approximate surface area is 144 Å². The standard InChI is InChI=1S/C17H26N2O3.ClH/c1-12(2)14(10-13-6-4-5-7-15(13)21-3)19-17(20)16-11-18-8-9-22-16;/h4-7,12,14,16,18H,8-11H2,1-3H3,(H,19,20);1H. The van der Waals surface area contributed by atoms with E-state index in [1.165, 1.54) is 0 Å². The fourth-order valence-electron chi connectivity index (χ4n) is 2.57. The van der Waals surface area contributed by atoms with Gasteiger partial charge in [0.25, 0.3) is 5.91 Å². The lowest BCUT2D eigenvalue weighted by Gasteiger charge is -2.28. The highest BCUT2D eigenvalue weighted by atomic mass is 35.5. The van der Waals surface area contributed by atoms with E-state index >= 15 is 0 Å². The van der Waals surface area contributed by atoms with Crippen LogP contribution in [-0.2, 0) is 16.0 Å². The summed E-state index contributed by atoms with van der Waals surface area (Å²) >= 11 is 0. The highest BCUT2D eigenvalue weighted by molar-refractivity contribution is 5.85. The maximum absolute atomic E-state index is 12.4. The van der Waals surface area contributed by atoms with Crippen LogP contribution in [0.4, 0.5) is 0 Å². The number of hydrogen-bond donors (Lipinski definition) is 2. The number of hydrogen-bond acceptors (Lipinski definition) is 4. The van der Waals surface area contributed by atoms with Gasteiger partial charge in [0.05, 0.1) is 13.7 Å². The fourth-order valence-corrected chi connectivity index (χ4v) is 2.57. The second-order valence-corrected chi connectivity index (χ2v) is 5.94. The van der Waals surface area contributed by atoms with Crippen molar-refractivity contribution in [2.45, 2.75) is 32.4 Å². The zero-order valence-electron chi connectivity index (χ0n) is 14.0. The Hall–Kier alpha value is -1.30. The van der Waals surface area contributed by atoms with Crippen LogP contribution < -0.4 is 15.4 Å². The molecule has 0 aliphatic carbocycles. The number of rotatable bonds is 6. The van der Waals surface area contributed by atoms with Gasteiger partial charge in [0.2, 0.25) is 0 Å². The molecular weight excluding hydrogens is 316 g/mol. The van der Waals surface area contributed by atoms with Gasteiger partial charge in [-0.3, -0.25) is 4.79 Å². The summed E-state index contributed by atoms with van der Waals surface area (Å²) in [6.45, 7) is 6.18. The maximum atomic E-state index is 12.4. The predicted octanol–water partition coefficient (Wildman–Crippen LogP) is 1.79. The van der Waals surface area contributed by atoms with Crippen LogP contribution in [-0.4, -0.2) is 44.9 Å². The van der Waals surface area contributed by atoms with Gasteiger partial charge in [-0.2, -0.15) is 0 Å². The summed E-state index contributed by atoms with van der Waals surface area (Å²) in [6.07, 6.45) is 0.348. The third-order valence-corrected chi connectivity index (χ3v) is 3.98. The van der Waals surface area contributed by atoms with Crippen LogP contribution in [0, 0.1) is 5.92 Å². The van der Waals surface area contributed by atoms with E-state index in [1.54, 1.807) is 7.11 Å². The topological polar surface area (TPSA) is 59.6 Å². The summed E-state index contributed by atoms with van der Waals surface area (Å²) < 4.78 is 10.9. The van der Waals surface area contributed by atoms with Crippen LogP contribution in [0.5, 0.6) is 5.75 Å². The summed E-state index contributed by atoms with van der Waals surface area (Å²) in [5, 5.41) is 6.31. The third-order valence-electron chi connectivity index (χ3n) is 3.98. The normalized spacial score (nSPS) is 18.9. The lowest BCUT2D eigenvalue weighted by molar-refractivity contribution is -0.135. The molecule has 1 aromatic rings.